The summed E-state index contributed by atoms with van der Waals surface area (Å²) in [7, 11) is 1.67. The maximum absolute atomic E-state index is 13.1. The van der Waals surface area contributed by atoms with Crippen LogP contribution in [0.25, 0.3) is 16.3 Å². The van der Waals surface area contributed by atoms with Crippen molar-refractivity contribution in [1.82, 2.24) is 14.7 Å². The topological polar surface area (TPSA) is 90.5 Å². The summed E-state index contributed by atoms with van der Waals surface area (Å²) in [6, 6.07) is 18.0. The quantitative estimate of drug-likeness (QED) is 0.266. The number of rotatable bonds is 8. The van der Waals surface area contributed by atoms with Gasteiger partial charge in [-0.1, -0.05) is 24.3 Å². The van der Waals surface area contributed by atoms with Gasteiger partial charge in [-0.2, -0.15) is 5.10 Å². The number of nitro groups is 1. The molecule has 2 heterocycles. The summed E-state index contributed by atoms with van der Waals surface area (Å²) in [6.45, 7) is 2.34. The molecule has 33 heavy (non-hydrogen) atoms. The Morgan fingerprint density at radius 1 is 1.18 bits per heavy atom. The molecule has 9 heteroatoms. The van der Waals surface area contributed by atoms with E-state index in [1.807, 2.05) is 54.0 Å². The Morgan fingerprint density at radius 2 is 1.97 bits per heavy atom. The summed E-state index contributed by atoms with van der Waals surface area (Å²) in [5.41, 5.74) is 2.58. The fourth-order valence-corrected chi connectivity index (χ4v) is 4.22. The van der Waals surface area contributed by atoms with E-state index in [-0.39, 0.29) is 22.9 Å². The molecule has 4 rings (SSSR count). The van der Waals surface area contributed by atoms with Gasteiger partial charge in [0.25, 0.3) is 5.91 Å². The Bertz CT molecular complexity index is 1270. The molecule has 0 fully saturated rings. The van der Waals surface area contributed by atoms with Gasteiger partial charge in [-0.05, 0) is 42.6 Å². The van der Waals surface area contributed by atoms with Gasteiger partial charge in [0.05, 0.1) is 22.1 Å². The van der Waals surface area contributed by atoms with E-state index in [0.29, 0.717) is 13.2 Å². The van der Waals surface area contributed by atoms with Crippen LogP contribution in [0.4, 0.5) is 5.69 Å². The van der Waals surface area contributed by atoms with Crippen molar-refractivity contribution in [2.75, 3.05) is 13.7 Å². The van der Waals surface area contributed by atoms with Gasteiger partial charge >= 0.3 is 5.69 Å². The highest BCUT2D eigenvalue weighted by atomic mass is 32.1. The van der Waals surface area contributed by atoms with Crippen molar-refractivity contribution in [2.24, 2.45) is 0 Å². The van der Waals surface area contributed by atoms with Gasteiger partial charge in [-0.3, -0.25) is 14.9 Å². The number of ether oxygens (including phenoxy) is 1. The van der Waals surface area contributed by atoms with E-state index < -0.39 is 4.92 Å². The summed E-state index contributed by atoms with van der Waals surface area (Å²) < 4.78 is 7.11. The van der Waals surface area contributed by atoms with Crippen molar-refractivity contribution in [1.29, 1.82) is 0 Å². The van der Waals surface area contributed by atoms with Crippen LogP contribution in [0, 0.1) is 10.1 Å². The first kappa shape index (κ1) is 22.2. The van der Waals surface area contributed by atoms with Crippen LogP contribution in [0.2, 0.25) is 0 Å². The van der Waals surface area contributed by atoms with Gasteiger partial charge in [0, 0.05) is 37.0 Å². The molecule has 0 spiro atoms. The average Bonchev–Trinajstić information content (AvgIpc) is 3.49. The molecule has 0 aliphatic carbocycles. The first-order valence-electron chi connectivity index (χ1n) is 10.3. The molecule has 4 aromatic rings. The molecule has 0 radical (unpaired) electrons. The number of nitrogens with zero attached hydrogens (tertiary/aromatic N) is 4. The fraction of sp³-hybridized carbons (Fsp3) is 0.167. The number of thiophene rings is 1. The first-order chi connectivity index (χ1) is 16.0. The number of aromatic nitrogens is 2. The molecule has 8 nitrogen and oxygen atoms in total. The smallest absolute Gasteiger partial charge is 0.311 e. The normalized spacial score (nSPS) is 10.7. The van der Waals surface area contributed by atoms with Crippen LogP contribution in [0.1, 0.15) is 22.8 Å². The number of hydrogen-bond acceptors (Lipinski definition) is 6. The Morgan fingerprint density at radius 3 is 2.64 bits per heavy atom. The third-order valence-electron chi connectivity index (χ3n) is 5.02. The SMILES string of the molecule is CCOc1ccc(C(=O)N(C)Cc2cn(-c3ccccc3)nc2-c2cccs2)cc1[N+](=O)[O-]. The number of carbonyl (C=O) groups is 1. The zero-order valence-electron chi connectivity index (χ0n) is 18.2. The Kier molecular flexibility index (Phi) is 6.50. The lowest BCUT2D eigenvalue weighted by Crippen LogP contribution is -2.26. The molecular formula is C24H22N4O4S. The maximum atomic E-state index is 13.1. The van der Waals surface area contributed by atoms with E-state index in [0.717, 1.165) is 21.8 Å². The largest absolute Gasteiger partial charge is 0.487 e. The maximum Gasteiger partial charge on any atom is 0.311 e. The zero-order chi connectivity index (χ0) is 23.4. The third-order valence-corrected chi connectivity index (χ3v) is 5.90. The number of para-hydroxylation sites is 1. The van der Waals surface area contributed by atoms with Crippen molar-refractivity contribution in [3.05, 3.63) is 93.5 Å². The number of amides is 1. The van der Waals surface area contributed by atoms with Crippen LogP contribution in [0.5, 0.6) is 5.75 Å². The third kappa shape index (κ3) is 4.78. The van der Waals surface area contributed by atoms with Crippen LogP contribution in [0.15, 0.2) is 72.2 Å². The van der Waals surface area contributed by atoms with Crippen LogP contribution >= 0.6 is 11.3 Å². The van der Waals surface area contributed by atoms with E-state index in [1.165, 1.54) is 17.0 Å². The Hall–Kier alpha value is -3.98. The molecular weight excluding hydrogens is 440 g/mol. The minimum absolute atomic E-state index is 0.144. The molecule has 0 aliphatic rings. The van der Waals surface area contributed by atoms with Crippen molar-refractivity contribution < 1.29 is 14.5 Å². The Labute approximate surface area is 194 Å². The second-order valence-electron chi connectivity index (χ2n) is 7.29. The first-order valence-corrected chi connectivity index (χ1v) is 11.2. The molecule has 0 aliphatic heterocycles. The lowest BCUT2D eigenvalue weighted by atomic mass is 10.1. The minimum atomic E-state index is -0.541. The molecule has 0 unspecified atom stereocenters. The van der Waals surface area contributed by atoms with E-state index >= 15 is 0 Å². The Balaban J connectivity index is 1.63. The highest BCUT2D eigenvalue weighted by molar-refractivity contribution is 7.13. The summed E-state index contributed by atoms with van der Waals surface area (Å²) in [4.78, 5) is 26.5. The molecule has 2 aromatic carbocycles. The molecule has 1 amide bonds. The molecule has 2 aromatic heterocycles. The number of nitro benzene ring substituents is 1. The number of benzene rings is 2. The van der Waals surface area contributed by atoms with Gasteiger partial charge in [0.15, 0.2) is 5.75 Å². The molecule has 0 bridgehead atoms. The highest BCUT2D eigenvalue weighted by Crippen LogP contribution is 2.30. The van der Waals surface area contributed by atoms with E-state index in [9.17, 15) is 14.9 Å². The summed E-state index contributed by atoms with van der Waals surface area (Å²) in [5, 5.41) is 18.2. The van der Waals surface area contributed by atoms with E-state index in [4.69, 9.17) is 9.84 Å². The lowest BCUT2D eigenvalue weighted by molar-refractivity contribution is -0.385. The number of hydrogen-bond donors (Lipinski definition) is 0. The summed E-state index contributed by atoms with van der Waals surface area (Å²) >= 11 is 1.57. The van der Waals surface area contributed by atoms with Crippen molar-refractivity contribution in [3.8, 4) is 22.0 Å². The van der Waals surface area contributed by atoms with E-state index in [2.05, 4.69) is 0 Å². The van der Waals surface area contributed by atoms with Gasteiger partial charge in [-0.25, -0.2) is 4.68 Å². The predicted molar refractivity (Wildman–Crippen MR) is 127 cm³/mol. The van der Waals surface area contributed by atoms with Crippen LogP contribution in [-0.4, -0.2) is 39.2 Å². The van der Waals surface area contributed by atoms with Crippen molar-refractivity contribution >= 4 is 22.9 Å². The molecule has 0 saturated heterocycles. The van der Waals surface area contributed by atoms with Crippen LogP contribution < -0.4 is 4.74 Å². The number of carbonyl (C=O) groups excluding carboxylic acids is 1. The second-order valence-corrected chi connectivity index (χ2v) is 8.24. The van der Waals surface area contributed by atoms with Gasteiger partial charge < -0.3 is 9.64 Å². The molecule has 0 N–H and O–H groups in total. The highest BCUT2D eigenvalue weighted by Gasteiger charge is 2.22. The van der Waals surface area contributed by atoms with Crippen molar-refractivity contribution in [3.63, 3.8) is 0 Å². The fourth-order valence-electron chi connectivity index (χ4n) is 3.48. The van der Waals surface area contributed by atoms with Gasteiger partial charge in [0.1, 0.15) is 5.69 Å². The molecule has 0 saturated carbocycles. The zero-order valence-corrected chi connectivity index (χ0v) is 19.0. The van der Waals surface area contributed by atoms with Gasteiger partial charge in [-0.15, -0.1) is 11.3 Å². The minimum Gasteiger partial charge on any atom is -0.487 e. The van der Waals surface area contributed by atoms with Crippen molar-refractivity contribution in [2.45, 2.75) is 13.5 Å². The standard InChI is InChI=1S/C24H22N4O4S/c1-3-32-21-12-11-17(14-20(21)28(30)31)24(29)26(2)15-18-16-27(19-8-5-4-6-9-19)25-23(18)22-10-7-13-33-22/h4-14,16H,3,15H2,1-2H3. The monoisotopic (exact) mass is 462 g/mol. The summed E-state index contributed by atoms with van der Waals surface area (Å²) in [5.74, 6) is -0.184. The summed E-state index contributed by atoms with van der Waals surface area (Å²) in [6.07, 6.45) is 1.91. The van der Waals surface area contributed by atoms with Crippen LogP contribution in [-0.2, 0) is 6.54 Å². The lowest BCUT2D eigenvalue weighted by Gasteiger charge is -2.17. The predicted octanol–water partition coefficient (Wildman–Crippen LogP) is 5.18. The molecule has 0 atom stereocenters. The van der Waals surface area contributed by atoms with Gasteiger partial charge in [0.2, 0.25) is 0 Å². The molecule has 168 valence electrons. The van der Waals surface area contributed by atoms with Crippen LogP contribution in [0.3, 0.4) is 0 Å². The van der Waals surface area contributed by atoms with E-state index in [1.54, 1.807) is 36.1 Å². The average molecular weight is 463 g/mol. The second kappa shape index (κ2) is 9.66.